The second-order valence-electron chi connectivity index (χ2n) is 7.56. The van der Waals surface area contributed by atoms with E-state index >= 15 is 0 Å². The summed E-state index contributed by atoms with van der Waals surface area (Å²) in [6.07, 6.45) is 1.93. The summed E-state index contributed by atoms with van der Waals surface area (Å²) in [5.74, 6) is 2.58. The van der Waals surface area contributed by atoms with Crippen LogP contribution in [0.1, 0.15) is 19.7 Å². The third-order valence-electron chi connectivity index (χ3n) is 4.99. The summed E-state index contributed by atoms with van der Waals surface area (Å²) in [5.41, 5.74) is 1.66. The van der Waals surface area contributed by atoms with E-state index in [2.05, 4.69) is 60.3 Å². The molecule has 1 saturated heterocycles. The Morgan fingerprint density at radius 2 is 1.90 bits per heavy atom. The van der Waals surface area contributed by atoms with Gasteiger partial charge in [0.25, 0.3) is 0 Å². The van der Waals surface area contributed by atoms with Crippen molar-refractivity contribution >= 4 is 33.5 Å². The van der Waals surface area contributed by atoms with Crippen molar-refractivity contribution in [2.24, 2.45) is 0 Å². The van der Waals surface area contributed by atoms with Crippen molar-refractivity contribution in [2.75, 3.05) is 23.3 Å². The number of hydrogen-bond acceptors (Lipinski definition) is 8. The lowest BCUT2D eigenvalue weighted by atomic mass is 10.2. The Morgan fingerprint density at radius 3 is 2.68 bits per heavy atom. The number of anilines is 2. The Morgan fingerprint density at radius 1 is 1.13 bits per heavy atom. The van der Waals surface area contributed by atoms with Crippen molar-refractivity contribution in [1.82, 2.24) is 34.8 Å². The Hall–Kier alpha value is -3.05. The SMILES string of the molecule is CC1CN(c2nc(NCc3nc(-c4ccccc4)n[nH]3)n3ncc(Br)c3n2)CC(C)O1. The number of fused-ring (bicyclic) bond motifs is 1. The molecule has 0 amide bonds. The van der Waals surface area contributed by atoms with Crippen LogP contribution in [0.5, 0.6) is 0 Å². The van der Waals surface area contributed by atoms with E-state index in [0.29, 0.717) is 35.7 Å². The van der Waals surface area contributed by atoms with Gasteiger partial charge in [0.2, 0.25) is 11.9 Å². The van der Waals surface area contributed by atoms with Crippen molar-refractivity contribution in [3.05, 3.63) is 46.8 Å². The van der Waals surface area contributed by atoms with Crippen LogP contribution < -0.4 is 10.2 Å². The van der Waals surface area contributed by atoms with Crippen molar-refractivity contribution in [3.8, 4) is 11.4 Å². The molecule has 1 aromatic carbocycles. The van der Waals surface area contributed by atoms with Crippen molar-refractivity contribution in [3.63, 3.8) is 0 Å². The van der Waals surface area contributed by atoms with Crippen LogP contribution in [-0.2, 0) is 11.3 Å². The van der Waals surface area contributed by atoms with Gasteiger partial charge in [-0.1, -0.05) is 30.3 Å². The highest BCUT2D eigenvalue weighted by Gasteiger charge is 2.25. The molecule has 11 heteroatoms. The topological polar surface area (TPSA) is 109 Å². The molecule has 5 rings (SSSR count). The highest BCUT2D eigenvalue weighted by atomic mass is 79.9. The van der Waals surface area contributed by atoms with E-state index in [-0.39, 0.29) is 12.2 Å². The van der Waals surface area contributed by atoms with E-state index in [4.69, 9.17) is 14.7 Å². The third kappa shape index (κ3) is 4.10. The molecule has 160 valence electrons. The van der Waals surface area contributed by atoms with Gasteiger partial charge in [0, 0.05) is 18.7 Å². The summed E-state index contributed by atoms with van der Waals surface area (Å²) in [7, 11) is 0. The Kier molecular flexibility index (Phi) is 5.28. The summed E-state index contributed by atoms with van der Waals surface area (Å²) in [6.45, 7) is 5.99. The molecule has 1 aliphatic rings. The number of halogens is 1. The monoisotopic (exact) mass is 483 g/mol. The number of aromatic nitrogens is 7. The molecule has 0 radical (unpaired) electrons. The van der Waals surface area contributed by atoms with Gasteiger partial charge >= 0.3 is 0 Å². The summed E-state index contributed by atoms with van der Waals surface area (Å²) in [4.78, 5) is 16.2. The quantitative estimate of drug-likeness (QED) is 0.445. The molecule has 31 heavy (non-hydrogen) atoms. The minimum Gasteiger partial charge on any atom is -0.372 e. The van der Waals surface area contributed by atoms with E-state index < -0.39 is 0 Å². The smallest absolute Gasteiger partial charge is 0.230 e. The maximum atomic E-state index is 5.85. The van der Waals surface area contributed by atoms with E-state index in [1.807, 2.05) is 30.3 Å². The number of nitrogens with one attached hydrogen (secondary N) is 2. The van der Waals surface area contributed by atoms with Gasteiger partial charge in [-0.2, -0.15) is 24.7 Å². The van der Waals surface area contributed by atoms with Crippen LogP contribution in [0.15, 0.2) is 41.0 Å². The van der Waals surface area contributed by atoms with E-state index in [1.54, 1.807) is 10.7 Å². The van der Waals surface area contributed by atoms with Gasteiger partial charge in [-0.3, -0.25) is 5.10 Å². The normalized spacial score (nSPS) is 19.1. The molecule has 0 spiro atoms. The van der Waals surface area contributed by atoms with Crippen LogP contribution in [-0.4, -0.2) is 60.1 Å². The number of ether oxygens (including phenoxy) is 1. The van der Waals surface area contributed by atoms with Crippen LogP contribution >= 0.6 is 15.9 Å². The first-order valence-corrected chi connectivity index (χ1v) is 10.9. The zero-order chi connectivity index (χ0) is 21.4. The predicted octanol–water partition coefficient (Wildman–Crippen LogP) is 2.90. The molecule has 1 aliphatic heterocycles. The molecule has 3 aromatic heterocycles. The number of benzene rings is 1. The largest absolute Gasteiger partial charge is 0.372 e. The summed E-state index contributed by atoms with van der Waals surface area (Å²) >= 11 is 3.54. The van der Waals surface area contributed by atoms with Gasteiger partial charge in [-0.15, -0.1) is 0 Å². The minimum absolute atomic E-state index is 0.110. The Balaban J connectivity index is 1.41. The molecule has 1 fully saturated rings. The Labute approximate surface area is 187 Å². The fourth-order valence-corrected chi connectivity index (χ4v) is 4.04. The zero-order valence-corrected chi connectivity index (χ0v) is 18.7. The molecular weight excluding hydrogens is 462 g/mol. The molecule has 4 aromatic rings. The number of hydrogen-bond donors (Lipinski definition) is 2. The number of aromatic amines is 1. The number of H-pyrrole nitrogens is 1. The first kappa shape index (κ1) is 19.9. The summed E-state index contributed by atoms with van der Waals surface area (Å²) in [6, 6.07) is 9.85. The second-order valence-corrected chi connectivity index (χ2v) is 8.42. The van der Waals surface area contributed by atoms with Crippen LogP contribution in [0.2, 0.25) is 0 Å². The van der Waals surface area contributed by atoms with Gasteiger partial charge in [0.05, 0.1) is 29.4 Å². The van der Waals surface area contributed by atoms with Crippen LogP contribution in [0, 0.1) is 0 Å². The van der Waals surface area contributed by atoms with Gasteiger partial charge in [-0.25, -0.2) is 4.98 Å². The third-order valence-corrected chi connectivity index (χ3v) is 5.55. The highest BCUT2D eigenvalue weighted by molar-refractivity contribution is 9.10. The number of rotatable bonds is 5. The fourth-order valence-electron chi connectivity index (χ4n) is 3.69. The van der Waals surface area contributed by atoms with Crippen LogP contribution in [0.4, 0.5) is 11.9 Å². The minimum atomic E-state index is 0.110. The van der Waals surface area contributed by atoms with Crippen molar-refractivity contribution in [1.29, 1.82) is 0 Å². The lowest BCUT2D eigenvalue weighted by Crippen LogP contribution is -2.46. The average Bonchev–Trinajstić information content (AvgIpc) is 3.39. The van der Waals surface area contributed by atoms with E-state index in [1.165, 1.54) is 0 Å². The molecule has 2 N–H and O–H groups in total. The Bertz CT molecular complexity index is 1180. The van der Waals surface area contributed by atoms with Crippen molar-refractivity contribution in [2.45, 2.75) is 32.6 Å². The molecule has 4 heterocycles. The molecule has 10 nitrogen and oxygen atoms in total. The first-order valence-electron chi connectivity index (χ1n) is 10.1. The molecule has 2 atom stereocenters. The lowest BCUT2D eigenvalue weighted by molar-refractivity contribution is -0.00571. The van der Waals surface area contributed by atoms with Gasteiger partial charge in [0.1, 0.15) is 5.82 Å². The zero-order valence-electron chi connectivity index (χ0n) is 17.2. The molecular formula is C20H22BrN9O. The van der Waals surface area contributed by atoms with Gasteiger partial charge in [-0.05, 0) is 29.8 Å². The van der Waals surface area contributed by atoms with E-state index in [0.717, 1.165) is 23.1 Å². The number of morpholine rings is 1. The molecule has 0 bridgehead atoms. The second kappa shape index (κ2) is 8.23. The van der Waals surface area contributed by atoms with Gasteiger partial charge in [0.15, 0.2) is 11.5 Å². The van der Waals surface area contributed by atoms with Crippen LogP contribution in [0.3, 0.4) is 0 Å². The van der Waals surface area contributed by atoms with Gasteiger partial charge < -0.3 is 15.0 Å². The molecule has 0 aliphatic carbocycles. The standard InChI is InChI=1S/C20H22BrN9O/c1-12-10-29(11-13(2)31-12)20-25-18-15(21)8-23-30(18)19(26-20)22-9-16-24-17(28-27-16)14-6-4-3-5-7-14/h3-8,12-13H,9-11H2,1-2H3,(H,22,25,26)(H,24,27,28). The molecule has 0 saturated carbocycles. The first-order chi connectivity index (χ1) is 15.1. The maximum Gasteiger partial charge on any atom is 0.230 e. The van der Waals surface area contributed by atoms with Crippen molar-refractivity contribution < 1.29 is 4.74 Å². The average molecular weight is 484 g/mol. The van der Waals surface area contributed by atoms with E-state index in [9.17, 15) is 0 Å². The summed E-state index contributed by atoms with van der Waals surface area (Å²) < 4.78 is 8.33. The highest BCUT2D eigenvalue weighted by Crippen LogP contribution is 2.24. The predicted molar refractivity (Wildman–Crippen MR) is 120 cm³/mol. The summed E-state index contributed by atoms with van der Waals surface area (Å²) in [5, 5.41) is 15.0. The lowest BCUT2D eigenvalue weighted by Gasteiger charge is -2.35. The molecule has 2 unspecified atom stereocenters. The fraction of sp³-hybridized carbons (Fsp3) is 0.350. The van der Waals surface area contributed by atoms with Crippen LogP contribution in [0.25, 0.3) is 17.0 Å². The number of nitrogens with zero attached hydrogens (tertiary/aromatic N) is 7. The maximum absolute atomic E-state index is 5.85.